The number of fused-ring (bicyclic) bond motifs is 3. The molecule has 148 valence electrons. The molecule has 0 radical (unpaired) electrons. The van der Waals surface area contributed by atoms with E-state index in [9.17, 15) is 13.2 Å². The first kappa shape index (κ1) is 19.2. The molecule has 0 unspecified atom stereocenters. The van der Waals surface area contributed by atoms with E-state index < -0.39 is 23.3 Å². The van der Waals surface area contributed by atoms with Crippen LogP contribution < -0.4 is 0 Å². The molecule has 0 nitrogen and oxygen atoms in total. The van der Waals surface area contributed by atoms with Gasteiger partial charge in [-0.3, -0.25) is 0 Å². The third-order valence-electron chi connectivity index (χ3n) is 6.38. The van der Waals surface area contributed by atoms with Crippen molar-refractivity contribution in [2.24, 2.45) is 5.92 Å². The van der Waals surface area contributed by atoms with Crippen molar-refractivity contribution in [1.82, 2.24) is 0 Å². The van der Waals surface area contributed by atoms with Crippen LogP contribution in [0.15, 0.2) is 24.8 Å². The van der Waals surface area contributed by atoms with Crippen molar-refractivity contribution in [3.8, 4) is 11.1 Å². The lowest BCUT2D eigenvalue weighted by molar-refractivity contribution is 0.339. The molecule has 4 rings (SSSR count). The summed E-state index contributed by atoms with van der Waals surface area (Å²) in [7, 11) is 0. The van der Waals surface area contributed by atoms with E-state index in [1.54, 1.807) is 18.2 Å². The summed E-state index contributed by atoms with van der Waals surface area (Å²) in [5.74, 6) is -3.39. The maximum Gasteiger partial charge on any atom is 0.167 e. The smallest absolute Gasteiger partial charge is 0.167 e. The van der Waals surface area contributed by atoms with Crippen LogP contribution in [0.25, 0.3) is 11.1 Å². The molecule has 28 heavy (non-hydrogen) atoms. The lowest BCUT2D eigenvalue weighted by atomic mass is 9.78. The van der Waals surface area contributed by atoms with Crippen LogP contribution in [-0.2, 0) is 12.8 Å². The Labute approximate surface area is 163 Å². The van der Waals surface area contributed by atoms with Gasteiger partial charge in [0.05, 0.1) is 0 Å². The number of aryl methyl sites for hydroxylation is 1. The quantitative estimate of drug-likeness (QED) is 0.327. The summed E-state index contributed by atoms with van der Waals surface area (Å²) < 4.78 is 59.2. The third kappa shape index (κ3) is 3.07. The first-order chi connectivity index (χ1) is 13.4. The van der Waals surface area contributed by atoms with E-state index in [2.05, 4.69) is 13.5 Å². The van der Waals surface area contributed by atoms with Crippen LogP contribution in [0.3, 0.4) is 0 Å². The Hall–Kier alpha value is -2.10. The molecule has 0 spiro atoms. The number of hydrogen-bond acceptors (Lipinski definition) is 0. The summed E-state index contributed by atoms with van der Waals surface area (Å²) >= 11 is 0. The zero-order valence-corrected chi connectivity index (χ0v) is 16.1. The molecule has 2 aromatic carbocycles. The minimum atomic E-state index is -1.08. The van der Waals surface area contributed by atoms with Gasteiger partial charge in [0.1, 0.15) is 0 Å². The van der Waals surface area contributed by atoms with Crippen molar-refractivity contribution in [3.05, 3.63) is 70.3 Å². The lowest BCUT2D eigenvalue weighted by Crippen LogP contribution is -2.13. The van der Waals surface area contributed by atoms with Gasteiger partial charge in [-0.05, 0) is 66.2 Å². The van der Waals surface area contributed by atoms with E-state index in [1.165, 1.54) is 0 Å². The standard InChI is InChI=1S/C24H24F4/c1-3-4-5-15-10-16-11-17-12-18(14-8-6-13(2)7-9-14)22(26)24(28)20(17)19(16)23(27)21(15)25/h3,10,12-14H,1,4-9,11H2,2H3. The molecule has 4 heteroatoms. The average molecular weight is 388 g/mol. The molecule has 1 saturated carbocycles. The summed E-state index contributed by atoms with van der Waals surface area (Å²) in [6, 6.07) is 3.28. The molecule has 0 aliphatic heterocycles. The molecule has 2 aromatic rings. The molecule has 0 amide bonds. The number of benzene rings is 2. The Morgan fingerprint density at radius 2 is 1.50 bits per heavy atom. The van der Waals surface area contributed by atoms with Crippen LogP contribution >= 0.6 is 0 Å². The van der Waals surface area contributed by atoms with E-state index >= 15 is 4.39 Å². The predicted molar refractivity (Wildman–Crippen MR) is 103 cm³/mol. The van der Waals surface area contributed by atoms with Gasteiger partial charge in [0, 0.05) is 11.1 Å². The highest BCUT2D eigenvalue weighted by Crippen LogP contribution is 2.46. The Bertz CT molecular complexity index is 937. The second-order valence-electron chi connectivity index (χ2n) is 8.29. The molecule has 0 atom stereocenters. The van der Waals surface area contributed by atoms with E-state index in [-0.39, 0.29) is 22.6 Å². The monoisotopic (exact) mass is 388 g/mol. The molecule has 0 saturated heterocycles. The van der Waals surface area contributed by atoms with Gasteiger partial charge in [0.15, 0.2) is 23.3 Å². The van der Waals surface area contributed by atoms with Gasteiger partial charge in [-0.1, -0.05) is 38.0 Å². The SMILES string of the molecule is C=CCCc1cc2c(c(F)c1F)-c1c(cc(C3CCC(C)CC3)c(F)c1F)C2. The maximum absolute atomic E-state index is 15.0. The first-order valence-electron chi connectivity index (χ1n) is 10.0. The molecule has 0 heterocycles. The van der Waals surface area contributed by atoms with Gasteiger partial charge >= 0.3 is 0 Å². The molecule has 1 fully saturated rings. The summed E-state index contributed by atoms with van der Waals surface area (Å²) in [5.41, 5.74) is 1.51. The molecule has 2 aliphatic carbocycles. The fourth-order valence-corrected chi connectivity index (χ4v) is 4.77. The van der Waals surface area contributed by atoms with Crippen LogP contribution in [0.5, 0.6) is 0 Å². The zero-order chi connectivity index (χ0) is 20.0. The van der Waals surface area contributed by atoms with Crippen LogP contribution in [-0.4, -0.2) is 0 Å². The highest BCUT2D eigenvalue weighted by molar-refractivity contribution is 5.79. The largest absolute Gasteiger partial charge is 0.203 e. The molecular weight excluding hydrogens is 364 g/mol. The van der Waals surface area contributed by atoms with Gasteiger partial charge in [0.25, 0.3) is 0 Å². The van der Waals surface area contributed by atoms with Crippen LogP contribution in [0, 0.1) is 29.2 Å². The van der Waals surface area contributed by atoms with Gasteiger partial charge in [0.2, 0.25) is 0 Å². The zero-order valence-electron chi connectivity index (χ0n) is 16.1. The predicted octanol–water partition coefficient (Wildman–Crippen LogP) is 7.23. The molecule has 0 aromatic heterocycles. The number of hydrogen-bond donors (Lipinski definition) is 0. The molecule has 2 aliphatic rings. The summed E-state index contributed by atoms with van der Waals surface area (Å²) in [4.78, 5) is 0. The van der Waals surface area contributed by atoms with E-state index in [1.807, 2.05) is 0 Å². The van der Waals surface area contributed by atoms with Crippen LogP contribution in [0.2, 0.25) is 0 Å². The second kappa shape index (κ2) is 7.38. The van der Waals surface area contributed by atoms with Crippen LogP contribution in [0.4, 0.5) is 17.6 Å². The minimum Gasteiger partial charge on any atom is -0.203 e. The fraction of sp³-hybridized carbons (Fsp3) is 0.417. The van der Waals surface area contributed by atoms with E-state index in [0.29, 0.717) is 41.9 Å². The maximum atomic E-state index is 15.0. The highest BCUT2D eigenvalue weighted by Gasteiger charge is 2.33. The Balaban J connectivity index is 1.78. The lowest BCUT2D eigenvalue weighted by Gasteiger charge is -2.27. The van der Waals surface area contributed by atoms with Crippen molar-refractivity contribution < 1.29 is 17.6 Å². The fourth-order valence-electron chi connectivity index (χ4n) is 4.77. The van der Waals surface area contributed by atoms with Crippen molar-refractivity contribution in [2.75, 3.05) is 0 Å². The minimum absolute atomic E-state index is 0.00977. The molecular formula is C24H24F4. The van der Waals surface area contributed by atoms with Crippen LogP contribution in [0.1, 0.15) is 67.2 Å². The van der Waals surface area contributed by atoms with Gasteiger partial charge in [-0.2, -0.15) is 0 Å². The van der Waals surface area contributed by atoms with Gasteiger partial charge < -0.3 is 0 Å². The van der Waals surface area contributed by atoms with Gasteiger partial charge in [-0.15, -0.1) is 6.58 Å². The molecule has 0 bridgehead atoms. The first-order valence-corrected chi connectivity index (χ1v) is 10.0. The Morgan fingerprint density at radius 3 is 2.14 bits per heavy atom. The van der Waals surface area contributed by atoms with Crippen molar-refractivity contribution in [2.45, 2.75) is 57.8 Å². The summed E-state index contributed by atoms with van der Waals surface area (Å²) in [6.07, 6.45) is 6.45. The van der Waals surface area contributed by atoms with Crippen molar-refractivity contribution >= 4 is 0 Å². The Kier molecular flexibility index (Phi) is 5.07. The topological polar surface area (TPSA) is 0 Å². The summed E-state index contributed by atoms with van der Waals surface area (Å²) in [6.45, 7) is 5.78. The van der Waals surface area contributed by atoms with Crippen molar-refractivity contribution in [1.29, 1.82) is 0 Å². The molecule has 0 N–H and O–H groups in total. The van der Waals surface area contributed by atoms with E-state index in [0.717, 1.165) is 25.7 Å². The number of rotatable bonds is 4. The Morgan fingerprint density at radius 1 is 0.893 bits per heavy atom. The average Bonchev–Trinajstić information content (AvgIpc) is 3.05. The number of halogens is 4. The highest BCUT2D eigenvalue weighted by atomic mass is 19.2. The summed E-state index contributed by atoms with van der Waals surface area (Å²) in [5, 5.41) is 0. The second-order valence-corrected chi connectivity index (χ2v) is 8.29. The normalized spacial score (nSPS) is 20.8. The number of allylic oxidation sites excluding steroid dienone is 1. The van der Waals surface area contributed by atoms with Gasteiger partial charge in [-0.25, -0.2) is 17.6 Å². The van der Waals surface area contributed by atoms with E-state index in [4.69, 9.17) is 0 Å². The third-order valence-corrected chi connectivity index (χ3v) is 6.38. The van der Waals surface area contributed by atoms with Crippen molar-refractivity contribution in [3.63, 3.8) is 0 Å².